The summed E-state index contributed by atoms with van der Waals surface area (Å²) in [5.41, 5.74) is 14.7. The molecule has 0 aliphatic heterocycles. The van der Waals surface area contributed by atoms with Crippen LogP contribution in [0, 0.1) is 23.7 Å². The molecular formula is C55H47N. The molecule has 8 aromatic carbocycles. The maximum absolute atomic E-state index is 2.60. The van der Waals surface area contributed by atoms with Gasteiger partial charge in [0.15, 0.2) is 0 Å². The maximum Gasteiger partial charge on any atom is 0.0540 e. The Morgan fingerprint density at radius 3 is 1.95 bits per heavy atom. The summed E-state index contributed by atoms with van der Waals surface area (Å²) in [7, 11) is 0. The van der Waals surface area contributed by atoms with Crippen molar-refractivity contribution in [1.82, 2.24) is 0 Å². The van der Waals surface area contributed by atoms with Crippen LogP contribution in [-0.2, 0) is 5.41 Å². The fraction of sp³-hybridized carbons (Fsp3) is 0.200. The number of rotatable bonds is 5. The van der Waals surface area contributed by atoms with Crippen LogP contribution in [0.1, 0.15) is 50.7 Å². The lowest BCUT2D eigenvalue weighted by molar-refractivity contribution is 0.0426. The lowest BCUT2D eigenvalue weighted by Crippen LogP contribution is -2.49. The molecular weight excluding hydrogens is 675 g/mol. The molecule has 2 fully saturated rings. The molecule has 1 heteroatoms. The summed E-state index contributed by atoms with van der Waals surface area (Å²) in [6, 6.07) is 66.0. The van der Waals surface area contributed by atoms with E-state index < -0.39 is 0 Å². The predicted octanol–water partition coefficient (Wildman–Crippen LogP) is 15.2. The molecule has 1 spiro atoms. The molecule has 56 heavy (non-hydrogen) atoms. The van der Waals surface area contributed by atoms with E-state index in [0.29, 0.717) is 11.8 Å². The zero-order valence-electron chi connectivity index (χ0n) is 32.3. The zero-order valence-corrected chi connectivity index (χ0v) is 32.3. The molecule has 3 aliphatic rings. The third kappa shape index (κ3) is 5.13. The maximum atomic E-state index is 2.60. The fourth-order valence-corrected chi connectivity index (χ4v) is 11.8. The third-order valence-corrected chi connectivity index (χ3v) is 13.9. The summed E-state index contributed by atoms with van der Waals surface area (Å²) in [6.07, 6.45) is 5.42. The van der Waals surface area contributed by atoms with Crippen LogP contribution in [0.4, 0.5) is 17.1 Å². The van der Waals surface area contributed by atoms with Crippen molar-refractivity contribution in [2.24, 2.45) is 23.7 Å². The molecule has 0 aromatic heterocycles. The molecule has 2 bridgehead atoms. The van der Waals surface area contributed by atoms with Gasteiger partial charge in [0.05, 0.1) is 5.69 Å². The molecule has 1 unspecified atom stereocenters. The Labute approximate surface area is 331 Å². The first-order valence-corrected chi connectivity index (χ1v) is 20.8. The molecule has 3 aliphatic carbocycles. The van der Waals surface area contributed by atoms with E-state index in [4.69, 9.17) is 0 Å². The van der Waals surface area contributed by atoms with Gasteiger partial charge in [-0.1, -0.05) is 153 Å². The van der Waals surface area contributed by atoms with E-state index in [1.54, 1.807) is 11.1 Å². The average molecular weight is 722 g/mol. The monoisotopic (exact) mass is 721 g/mol. The van der Waals surface area contributed by atoms with Gasteiger partial charge in [0.25, 0.3) is 0 Å². The Morgan fingerprint density at radius 2 is 1.09 bits per heavy atom. The predicted molar refractivity (Wildman–Crippen MR) is 237 cm³/mol. The molecule has 2 saturated carbocycles. The summed E-state index contributed by atoms with van der Waals surface area (Å²) in [5, 5.41) is 5.02. The van der Waals surface area contributed by atoms with Gasteiger partial charge in [-0.05, 0) is 146 Å². The van der Waals surface area contributed by atoms with E-state index in [9.17, 15) is 0 Å². The minimum atomic E-state index is 0.0749. The number of nitrogens with zero attached hydrogens (tertiary/aromatic N) is 1. The van der Waals surface area contributed by atoms with Gasteiger partial charge in [0.1, 0.15) is 0 Å². The van der Waals surface area contributed by atoms with Crippen LogP contribution in [0.3, 0.4) is 0 Å². The summed E-state index contributed by atoms with van der Waals surface area (Å²) in [6.45, 7) is 5.08. The van der Waals surface area contributed by atoms with Crippen LogP contribution in [0.5, 0.6) is 0 Å². The highest BCUT2D eigenvalue weighted by atomic mass is 15.1. The first-order chi connectivity index (χ1) is 27.6. The van der Waals surface area contributed by atoms with Gasteiger partial charge in [-0.15, -0.1) is 0 Å². The number of hydrogen-bond donors (Lipinski definition) is 0. The van der Waals surface area contributed by atoms with E-state index >= 15 is 0 Å². The Hall–Kier alpha value is -5.92. The van der Waals surface area contributed by atoms with Crippen LogP contribution in [0.2, 0.25) is 0 Å². The van der Waals surface area contributed by atoms with Crippen LogP contribution >= 0.6 is 0 Å². The molecule has 272 valence electrons. The van der Waals surface area contributed by atoms with Crippen LogP contribution in [0.15, 0.2) is 176 Å². The second-order valence-electron chi connectivity index (χ2n) is 17.1. The second-order valence-corrected chi connectivity index (χ2v) is 17.1. The molecule has 5 atom stereocenters. The van der Waals surface area contributed by atoms with Crippen molar-refractivity contribution in [3.8, 4) is 33.4 Å². The van der Waals surface area contributed by atoms with Gasteiger partial charge in [-0.2, -0.15) is 0 Å². The highest BCUT2D eigenvalue weighted by molar-refractivity contribution is 6.00. The minimum absolute atomic E-state index is 0.0749. The van der Waals surface area contributed by atoms with Gasteiger partial charge in [0, 0.05) is 22.2 Å². The van der Waals surface area contributed by atoms with Gasteiger partial charge in [-0.3, -0.25) is 0 Å². The van der Waals surface area contributed by atoms with Crippen molar-refractivity contribution in [1.29, 1.82) is 0 Å². The van der Waals surface area contributed by atoms with Crippen molar-refractivity contribution < 1.29 is 0 Å². The highest BCUT2D eigenvalue weighted by Crippen LogP contribution is 2.64. The van der Waals surface area contributed by atoms with E-state index in [1.807, 2.05) is 0 Å². The van der Waals surface area contributed by atoms with Gasteiger partial charge in [-0.25, -0.2) is 0 Å². The number of hydrogen-bond acceptors (Lipinski definition) is 1. The Morgan fingerprint density at radius 1 is 0.446 bits per heavy atom. The van der Waals surface area contributed by atoms with Crippen molar-refractivity contribution in [2.45, 2.75) is 44.9 Å². The molecule has 11 rings (SSSR count). The van der Waals surface area contributed by atoms with Crippen LogP contribution in [-0.4, -0.2) is 0 Å². The average Bonchev–Trinajstić information content (AvgIpc) is 3.54. The summed E-state index contributed by atoms with van der Waals surface area (Å²) in [4.78, 5) is 2.45. The van der Waals surface area contributed by atoms with E-state index in [0.717, 1.165) is 23.2 Å². The van der Waals surface area contributed by atoms with Crippen molar-refractivity contribution in [2.75, 3.05) is 4.90 Å². The summed E-state index contributed by atoms with van der Waals surface area (Å²) < 4.78 is 0. The molecule has 0 saturated heterocycles. The van der Waals surface area contributed by atoms with Crippen molar-refractivity contribution >= 4 is 38.6 Å². The first-order valence-electron chi connectivity index (χ1n) is 20.8. The summed E-state index contributed by atoms with van der Waals surface area (Å²) >= 11 is 0. The van der Waals surface area contributed by atoms with Crippen molar-refractivity contribution in [3.05, 3.63) is 187 Å². The van der Waals surface area contributed by atoms with E-state index in [1.165, 1.54) is 86.3 Å². The number of benzene rings is 8. The SMILES string of the molecule is C[C@H]1C[C@@H]2C[C@H](C1)C1(c3ccccc3-c3ccc(-c4cccc(N(c5ccc(-c6cccc7ccccc67)cc5)c5cccc6ccccc56)c4)cc31)[C@H](C)C2. The highest BCUT2D eigenvalue weighted by Gasteiger charge is 2.56. The van der Waals surface area contributed by atoms with Gasteiger partial charge in [0.2, 0.25) is 0 Å². The van der Waals surface area contributed by atoms with Crippen LogP contribution < -0.4 is 4.90 Å². The van der Waals surface area contributed by atoms with Crippen LogP contribution in [0.25, 0.3) is 54.9 Å². The summed E-state index contributed by atoms with van der Waals surface area (Å²) in [5.74, 6) is 2.95. The fourth-order valence-electron chi connectivity index (χ4n) is 11.8. The third-order valence-electron chi connectivity index (χ3n) is 13.9. The molecule has 0 radical (unpaired) electrons. The van der Waals surface area contributed by atoms with Gasteiger partial charge < -0.3 is 4.90 Å². The Bertz CT molecular complexity index is 2760. The quantitative estimate of drug-likeness (QED) is 0.171. The standard InChI is InChI=1S/C55H47N/c1-36-30-38-32-37(2)55(44(31-36)33-38)52-22-8-7-20-50(52)51-29-26-43(35-53(51)55)42-16-9-17-46(34-42)56(54-23-11-15-40-13-4-6-19-49(40)54)45-27-24-41(25-28-45)48-21-10-14-39-12-3-5-18-47(39)48/h3-29,34-38,44H,30-33H2,1-2H3/t36-,37+,38-,44-,55?/m0/s1. The smallest absolute Gasteiger partial charge is 0.0540 e. The lowest BCUT2D eigenvalue weighted by atomic mass is 9.49. The van der Waals surface area contributed by atoms with E-state index in [-0.39, 0.29) is 5.41 Å². The largest absolute Gasteiger partial charge is 0.310 e. The molecule has 1 nitrogen and oxygen atoms in total. The zero-order chi connectivity index (χ0) is 37.4. The number of fused-ring (bicyclic) bond motifs is 10. The Kier molecular flexibility index (Phi) is 7.82. The lowest BCUT2D eigenvalue weighted by Gasteiger charge is -2.54. The minimum Gasteiger partial charge on any atom is -0.310 e. The molecule has 8 aromatic rings. The van der Waals surface area contributed by atoms with Crippen molar-refractivity contribution in [3.63, 3.8) is 0 Å². The molecule has 0 heterocycles. The van der Waals surface area contributed by atoms with Gasteiger partial charge >= 0.3 is 0 Å². The second kappa shape index (κ2) is 13.1. The Balaban J connectivity index is 1.05. The normalized spacial score (nSPS) is 22.2. The topological polar surface area (TPSA) is 3.24 Å². The molecule has 0 amide bonds. The van der Waals surface area contributed by atoms with E-state index in [2.05, 4.69) is 195 Å². The first kappa shape index (κ1) is 33.4. The number of anilines is 3. The molecule has 0 N–H and O–H groups in total.